The van der Waals surface area contributed by atoms with E-state index in [2.05, 4.69) is 5.32 Å². The van der Waals surface area contributed by atoms with Crippen molar-refractivity contribution >= 4 is 5.91 Å². The predicted molar refractivity (Wildman–Crippen MR) is 75.1 cm³/mol. The number of aliphatic hydroxyl groups excluding tert-OH is 1. The van der Waals surface area contributed by atoms with Gasteiger partial charge in [-0.3, -0.25) is 4.79 Å². The maximum Gasteiger partial charge on any atom is 0.224 e. The lowest BCUT2D eigenvalue weighted by molar-refractivity contribution is -0.121. The van der Waals surface area contributed by atoms with Gasteiger partial charge in [0.2, 0.25) is 5.91 Å². The molecule has 108 valence electrons. The molecule has 0 spiro atoms. The average molecular weight is 276 g/mol. The van der Waals surface area contributed by atoms with Crippen molar-refractivity contribution in [1.29, 1.82) is 5.26 Å². The number of aliphatic hydroxyl groups is 1. The molecule has 5 nitrogen and oxygen atoms in total. The Morgan fingerprint density at radius 3 is 2.60 bits per heavy atom. The van der Waals surface area contributed by atoms with E-state index in [0.717, 1.165) is 5.56 Å². The summed E-state index contributed by atoms with van der Waals surface area (Å²) in [6, 6.07) is 8.91. The van der Waals surface area contributed by atoms with Gasteiger partial charge in [-0.15, -0.1) is 0 Å². The van der Waals surface area contributed by atoms with Crippen molar-refractivity contribution in [2.24, 2.45) is 5.92 Å². The number of amides is 1. The lowest BCUT2D eigenvalue weighted by atomic mass is 10.1. The van der Waals surface area contributed by atoms with E-state index in [0.29, 0.717) is 5.75 Å². The van der Waals surface area contributed by atoms with Crippen LogP contribution in [0.3, 0.4) is 0 Å². The maximum atomic E-state index is 11.7. The van der Waals surface area contributed by atoms with Crippen LogP contribution in [0.25, 0.3) is 0 Å². The summed E-state index contributed by atoms with van der Waals surface area (Å²) in [5.41, 5.74) is 0.853. The summed E-state index contributed by atoms with van der Waals surface area (Å²) >= 11 is 0. The Labute approximate surface area is 119 Å². The van der Waals surface area contributed by atoms with E-state index in [1.54, 1.807) is 24.3 Å². The van der Waals surface area contributed by atoms with Crippen LogP contribution >= 0.6 is 0 Å². The van der Waals surface area contributed by atoms with Crippen LogP contribution in [0.2, 0.25) is 0 Å². The Hall–Kier alpha value is -2.06. The molecule has 20 heavy (non-hydrogen) atoms. The molecule has 1 rings (SSSR count). The molecule has 1 aromatic rings. The molecule has 1 amide bonds. The highest BCUT2D eigenvalue weighted by Gasteiger charge is 2.11. The van der Waals surface area contributed by atoms with Crippen LogP contribution in [-0.2, 0) is 11.2 Å². The van der Waals surface area contributed by atoms with Gasteiger partial charge >= 0.3 is 0 Å². The van der Waals surface area contributed by atoms with Crippen molar-refractivity contribution in [2.45, 2.75) is 26.4 Å². The summed E-state index contributed by atoms with van der Waals surface area (Å²) in [5.74, 6) is 0.591. The molecule has 0 aliphatic heterocycles. The molecule has 1 aromatic carbocycles. The molecule has 0 aromatic heterocycles. The van der Waals surface area contributed by atoms with E-state index in [-0.39, 0.29) is 31.4 Å². The van der Waals surface area contributed by atoms with Gasteiger partial charge in [0, 0.05) is 6.54 Å². The zero-order chi connectivity index (χ0) is 15.0. The molecule has 0 aliphatic carbocycles. The number of benzene rings is 1. The fourth-order valence-electron chi connectivity index (χ4n) is 1.52. The number of ether oxygens (including phenoxy) is 1. The zero-order valence-corrected chi connectivity index (χ0v) is 11.8. The zero-order valence-electron chi connectivity index (χ0n) is 11.8. The monoisotopic (exact) mass is 276 g/mol. The van der Waals surface area contributed by atoms with E-state index >= 15 is 0 Å². The summed E-state index contributed by atoms with van der Waals surface area (Å²) in [4.78, 5) is 11.7. The average Bonchev–Trinajstić information content (AvgIpc) is 2.44. The van der Waals surface area contributed by atoms with Gasteiger partial charge in [0.25, 0.3) is 0 Å². The van der Waals surface area contributed by atoms with Crippen molar-refractivity contribution in [2.75, 3.05) is 13.2 Å². The number of carbonyl (C=O) groups excluding carboxylic acids is 1. The molecular weight excluding hydrogens is 256 g/mol. The molecule has 0 heterocycles. The normalized spacial score (nSPS) is 11.8. The largest absolute Gasteiger partial charge is 0.479 e. The second kappa shape index (κ2) is 8.18. The smallest absolute Gasteiger partial charge is 0.224 e. The molecule has 0 saturated heterocycles. The van der Waals surface area contributed by atoms with Crippen molar-refractivity contribution in [3.63, 3.8) is 0 Å². The van der Waals surface area contributed by atoms with Crippen LogP contribution in [-0.4, -0.2) is 30.3 Å². The number of nitrogens with one attached hydrogen (secondary N) is 1. The fraction of sp³-hybridized carbons (Fsp3) is 0.467. The number of nitrogens with zero attached hydrogens (tertiary/aromatic N) is 1. The summed E-state index contributed by atoms with van der Waals surface area (Å²) in [5, 5.41) is 20.7. The van der Waals surface area contributed by atoms with Gasteiger partial charge < -0.3 is 15.2 Å². The third-order valence-electron chi connectivity index (χ3n) is 2.87. The number of carbonyl (C=O) groups is 1. The predicted octanol–water partition coefficient (Wildman–Crippen LogP) is 1.26. The summed E-state index contributed by atoms with van der Waals surface area (Å²) in [6.45, 7) is 4.07. The SMILES string of the molecule is CC(C)C(O)CNC(=O)Cc1ccc(OCC#N)cc1. The minimum Gasteiger partial charge on any atom is -0.479 e. The van der Waals surface area contributed by atoms with Gasteiger partial charge in [-0.2, -0.15) is 5.26 Å². The van der Waals surface area contributed by atoms with E-state index in [1.165, 1.54) is 0 Å². The molecule has 0 aliphatic rings. The Kier molecular flexibility index (Phi) is 6.54. The summed E-state index contributed by atoms with van der Waals surface area (Å²) < 4.78 is 5.13. The quantitative estimate of drug-likeness (QED) is 0.785. The van der Waals surface area contributed by atoms with Gasteiger partial charge in [-0.05, 0) is 23.6 Å². The third-order valence-corrected chi connectivity index (χ3v) is 2.87. The standard InChI is InChI=1S/C15H20N2O3/c1-11(2)14(18)10-17-15(19)9-12-3-5-13(6-4-12)20-8-7-16/h3-6,11,14,18H,8-10H2,1-2H3,(H,17,19). The molecular formula is C15H20N2O3. The highest BCUT2D eigenvalue weighted by Crippen LogP contribution is 2.12. The molecule has 2 N–H and O–H groups in total. The summed E-state index contributed by atoms with van der Waals surface area (Å²) in [7, 11) is 0. The van der Waals surface area contributed by atoms with E-state index < -0.39 is 6.10 Å². The van der Waals surface area contributed by atoms with Gasteiger partial charge in [-0.1, -0.05) is 26.0 Å². The summed E-state index contributed by atoms with van der Waals surface area (Å²) in [6.07, 6.45) is -0.274. The molecule has 1 unspecified atom stereocenters. The van der Waals surface area contributed by atoms with E-state index in [1.807, 2.05) is 19.9 Å². The van der Waals surface area contributed by atoms with E-state index in [9.17, 15) is 9.90 Å². The molecule has 1 atom stereocenters. The highest BCUT2D eigenvalue weighted by molar-refractivity contribution is 5.78. The van der Waals surface area contributed by atoms with Crippen LogP contribution in [0.5, 0.6) is 5.75 Å². The van der Waals surface area contributed by atoms with Gasteiger partial charge in [0.15, 0.2) is 6.61 Å². The molecule has 0 radical (unpaired) electrons. The van der Waals surface area contributed by atoms with Crippen LogP contribution in [0.1, 0.15) is 19.4 Å². The van der Waals surface area contributed by atoms with Crippen LogP contribution in [0.15, 0.2) is 24.3 Å². The molecule has 0 saturated carbocycles. The Morgan fingerprint density at radius 1 is 1.40 bits per heavy atom. The fourth-order valence-corrected chi connectivity index (χ4v) is 1.52. The van der Waals surface area contributed by atoms with Crippen molar-refractivity contribution in [3.05, 3.63) is 29.8 Å². The first-order valence-electron chi connectivity index (χ1n) is 6.56. The van der Waals surface area contributed by atoms with E-state index in [4.69, 9.17) is 10.00 Å². The number of hydrogen-bond donors (Lipinski definition) is 2. The van der Waals surface area contributed by atoms with Crippen LogP contribution < -0.4 is 10.1 Å². The van der Waals surface area contributed by atoms with Crippen LogP contribution in [0.4, 0.5) is 0 Å². The Bertz CT molecular complexity index is 463. The Morgan fingerprint density at radius 2 is 2.05 bits per heavy atom. The first-order chi connectivity index (χ1) is 9.52. The minimum absolute atomic E-state index is 0.00687. The first kappa shape index (κ1) is 16.0. The van der Waals surface area contributed by atoms with Crippen molar-refractivity contribution in [3.8, 4) is 11.8 Å². The van der Waals surface area contributed by atoms with Gasteiger partial charge in [0.05, 0.1) is 12.5 Å². The molecule has 0 bridgehead atoms. The molecule has 5 heteroatoms. The topological polar surface area (TPSA) is 82.3 Å². The van der Waals surface area contributed by atoms with Crippen LogP contribution in [0, 0.1) is 17.2 Å². The van der Waals surface area contributed by atoms with Gasteiger partial charge in [-0.25, -0.2) is 0 Å². The second-order valence-electron chi connectivity index (χ2n) is 4.88. The lowest BCUT2D eigenvalue weighted by Gasteiger charge is -2.15. The maximum absolute atomic E-state index is 11.7. The highest BCUT2D eigenvalue weighted by atomic mass is 16.5. The minimum atomic E-state index is -0.527. The molecule has 0 fully saturated rings. The van der Waals surface area contributed by atoms with Crippen molar-refractivity contribution in [1.82, 2.24) is 5.32 Å². The van der Waals surface area contributed by atoms with Gasteiger partial charge in [0.1, 0.15) is 11.8 Å². The third kappa shape index (κ3) is 5.72. The Balaban J connectivity index is 2.40. The second-order valence-corrected chi connectivity index (χ2v) is 4.88. The van der Waals surface area contributed by atoms with Crippen molar-refractivity contribution < 1.29 is 14.6 Å². The lowest BCUT2D eigenvalue weighted by Crippen LogP contribution is -2.35. The number of nitriles is 1. The number of hydrogen-bond acceptors (Lipinski definition) is 4. The first-order valence-corrected chi connectivity index (χ1v) is 6.56. The number of rotatable bonds is 7.